The monoisotopic (exact) mass is 445 g/mol. The lowest BCUT2D eigenvalue weighted by molar-refractivity contribution is -0.137. The van der Waals surface area contributed by atoms with Crippen molar-refractivity contribution < 1.29 is 32.2 Å². The number of methoxy groups -OCH3 is 1. The molecule has 0 saturated carbocycles. The molecule has 0 aromatic heterocycles. The van der Waals surface area contributed by atoms with Crippen LogP contribution in [0.15, 0.2) is 72.8 Å². The summed E-state index contributed by atoms with van der Waals surface area (Å²) in [5.74, 6) is 0.285. The summed E-state index contributed by atoms with van der Waals surface area (Å²) in [4.78, 5) is 12.6. The molecule has 1 N–H and O–H groups in total. The molecule has 0 aliphatic rings. The number of alkyl halides is 3. The molecule has 5 nitrogen and oxygen atoms in total. The summed E-state index contributed by atoms with van der Waals surface area (Å²) < 4.78 is 55.4. The number of halogens is 3. The molecule has 0 bridgehead atoms. The van der Waals surface area contributed by atoms with E-state index in [1.807, 2.05) is 30.3 Å². The molecule has 32 heavy (non-hydrogen) atoms. The summed E-state index contributed by atoms with van der Waals surface area (Å²) in [5, 5.41) is 2.51. The van der Waals surface area contributed by atoms with Crippen molar-refractivity contribution in [3.05, 3.63) is 89.5 Å². The number of amides is 1. The van der Waals surface area contributed by atoms with Gasteiger partial charge in [-0.2, -0.15) is 13.2 Å². The standard InChI is InChI=1S/C24H22F3NO4/c1-30-13-14-31-22-12-11-19(24(25,26)27)15-21(22)28-23(29)18-9-7-17(8-10-18)16-32-20-5-3-2-4-6-20/h2-12,15H,13-14,16H2,1H3,(H,28,29). The quantitative estimate of drug-likeness (QED) is 0.438. The van der Waals surface area contributed by atoms with E-state index in [0.717, 1.165) is 23.4 Å². The Labute approximate surface area is 183 Å². The van der Waals surface area contributed by atoms with E-state index in [9.17, 15) is 18.0 Å². The van der Waals surface area contributed by atoms with E-state index in [2.05, 4.69) is 5.32 Å². The molecule has 0 radical (unpaired) electrons. The van der Waals surface area contributed by atoms with Crippen LogP contribution in [0.3, 0.4) is 0 Å². The van der Waals surface area contributed by atoms with Crippen LogP contribution < -0.4 is 14.8 Å². The summed E-state index contributed by atoms with van der Waals surface area (Å²) in [6.45, 7) is 0.693. The highest BCUT2D eigenvalue weighted by atomic mass is 19.4. The molecule has 0 aliphatic heterocycles. The maximum Gasteiger partial charge on any atom is 0.416 e. The second kappa shape index (κ2) is 10.7. The van der Waals surface area contributed by atoms with E-state index in [-0.39, 0.29) is 30.2 Å². The number of hydrogen-bond acceptors (Lipinski definition) is 4. The molecule has 1 amide bonds. The Balaban J connectivity index is 1.70. The SMILES string of the molecule is COCCOc1ccc(C(F)(F)F)cc1NC(=O)c1ccc(COc2ccccc2)cc1. The zero-order chi connectivity index (χ0) is 23.0. The normalized spacial score (nSPS) is 11.1. The van der Waals surface area contributed by atoms with Crippen LogP contribution in [0.4, 0.5) is 18.9 Å². The van der Waals surface area contributed by atoms with Gasteiger partial charge in [0.2, 0.25) is 0 Å². The van der Waals surface area contributed by atoms with Crippen molar-refractivity contribution in [2.24, 2.45) is 0 Å². The van der Waals surface area contributed by atoms with Crippen molar-refractivity contribution in [2.45, 2.75) is 12.8 Å². The van der Waals surface area contributed by atoms with Crippen molar-refractivity contribution in [3.8, 4) is 11.5 Å². The molecule has 0 unspecified atom stereocenters. The highest BCUT2D eigenvalue weighted by molar-refractivity contribution is 6.05. The number of ether oxygens (including phenoxy) is 3. The Bertz CT molecular complexity index is 1020. The summed E-state index contributed by atoms with van der Waals surface area (Å²) >= 11 is 0. The van der Waals surface area contributed by atoms with Gasteiger partial charge in [-0.1, -0.05) is 30.3 Å². The van der Waals surface area contributed by atoms with Crippen molar-refractivity contribution in [3.63, 3.8) is 0 Å². The highest BCUT2D eigenvalue weighted by Gasteiger charge is 2.31. The van der Waals surface area contributed by atoms with Gasteiger partial charge in [-0.3, -0.25) is 4.79 Å². The van der Waals surface area contributed by atoms with E-state index < -0.39 is 17.6 Å². The first kappa shape index (κ1) is 23.1. The number of carbonyl (C=O) groups is 1. The van der Waals surface area contributed by atoms with Gasteiger partial charge in [0, 0.05) is 12.7 Å². The number of nitrogens with one attached hydrogen (secondary N) is 1. The second-order valence-electron chi connectivity index (χ2n) is 6.80. The first-order chi connectivity index (χ1) is 15.4. The topological polar surface area (TPSA) is 56.8 Å². The predicted molar refractivity (Wildman–Crippen MR) is 114 cm³/mol. The molecule has 168 valence electrons. The lowest BCUT2D eigenvalue weighted by Crippen LogP contribution is -2.15. The molecule has 0 heterocycles. The maximum absolute atomic E-state index is 13.1. The van der Waals surface area contributed by atoms with Crippen LogP contribution in [0, 0.1) is 0 Å². The van der Waals surface area contributed by atoms with Gasteiger partial charge in [0.05, 0.1) is 17.9 Å². The van der Waals surface area contributed by atoms with Crippen molar-refractivity contribution in [1.29, 1.82) is 0 Å². The predicted octanol–water partition coefficient (Wildman–Crippen LogP) is 5.56. The van der Waals surface area contributed by atoms with Crippen molar-refractivity contribution in [1.82, 2.24) is 0 Å². The minimum atomic E-state index is -4.55. The lowest BCUT2D eigenvalue weighted by atomic mass is 10.1. The molecular weight excluding hydrogens is 423 g/mol. The van der Waals surface area contributed by atoms with Crippen LogP contribution in [0.5, 0.6) is 11.5 Å². The van der Waals surface area contributed by atoms with Gasteiger partial charge in [-0.05, 0) is 48.0 Å². The molecule has 3 aromatic rings. The van der Waals surface area contributed by atoms with Crippen LogP contribution in [-0.2, 0) is 17.5 Å². The smallest absolute Gasteiger partial charge is 0.416 e. The van der Waals surface area contributed by atoms with E-state index in [0.29, 0.717) is 6.61 Å². The van der Waals surface area contributed by atoms with E-state index in [4.69, 9.17) is 14.2 Å². The summed E-state index contributed by atoms with van der Waals surface area (Å²) in [6.07, 6.45) is -4.55. The third kappa shape index (κ3) is 6.49. The highest BCUT2D eigenvalue weighted by Crippen LogP contribution is 2.35. The number of rotatable bonds is 9. The largest absolute Gasteiger partial charge is 0.489 e. The minimum Gasteiger partial charge on any atom is -0.489 e. The summed E-state index contributed by atoms with van der Waals surface area (Å²) in [7, 11) is 1.48. The fourth-order valence-corrected chi connectivity index (χ4v) is 2.80. The second-order valence-corrected chi connectivity index (χ2v) is 6.80. The Kier molecular flexibility index (Phi) is 7.72. The first-order valence-corrected chi connectivity index (χ1v) is 9.78. The van der Waals surface area contributed by atoms with Crippen LogP contribution in [0.2, 0.25) is 0 Å². The van der Waals surface area contributed by atoms with Crippen LogP contribution in [0.1, 0.15) is 21.5 Å². The number of anilines is 1. The van der Waals surface area contributed by atoms with Gasteiger partial charge >= 0.3 is 6.18 Å². The summed E-state index contributed by atoms with van der Waals surface area (Å²) in [5.41, 5.74) is 0.166. The Morgan fingerprint density at radius 1 is 0.906 bits per heavy atom. The number of para-hydroxylation sites is 1. The van der Waals surface area contributed by atoms with E-state index in [1.165, 1.54) is 13.2 Å². The van der Waals surface area contributed by atoms with Gasteiger partial charge < -0.3 is 19.5 Å². The zero-order valence-electron chi connectivity index (χ0n) is 17.3. The minimum absolute atomic E-state index is 0.0718. The Morgan fingerprint density at radius 3 is 2.28 bits per heavy atom. The van der Waals surface area contributed by atoms with Crippen molar-refractivity contribution >= 4 is 11.6 Å². The van der Waals surface area contributed by atoms with Crippen LogP contribution >= 0.6 is 0 Å². The molecule has 0 fully saturated rings. The molecule has 0 atom stereocenters. The van der Waals surface area contributed by atoms with Crippen LogP contribution in [0.25, 0.3) is 0 Å². The average Bonchev–Trinajstić information content (AvgIpc) is 2.79. The number of benzene rings is 3. The Morgan fingerprint density at radius 2 is 1.62 bits per heavy atom. The van der Waals surface area contributed by atoms with Crippen LogP contribution in [-0.4, -0.2) is 26.2 Å². The van der Waals surface area contributed by atoms with Gasteiger partial charge in [0.25, 0.3) is 5.91 Å². The fourth-order valence-electron chi connectivity index (χ4n) is 2.80. The Hall–Kier alpha value is -3.52. The van der Waals surface area contributed by atoms with E-state index >= 15 is 0 Å². The number of carbonyl (C=O) groups excluding carboxylic acids is 1. The molecule has 3 aromatic carbocycles. The summed E-state index contributed by atoms with van der Waals surface area (Å²) in [6, 6.07) is 18.8. The number of hydrogen-bond donors (Lipinski definition) is 1. The average molecular weight is 445 g/mol. The molecule has 0 spiro atoms. The van der Waals surface area contributed by atoms with E-state index in [1.54, 1.807) is 24.3 Å². The van der Waals surface area contributed by atoms with Gasteiger partial charge in [-0.25, -0.2) is 0 Å². The molecule has 3 rings (SSSR count). The fraction of sp³-hybridized carbons (Fsp3) is 0.208. The van der Waals surface area contributed by atoms with Gasteiger partial charge in [0.1, 0.15) is 24.7 Å². The molecule has 0 saturated heterocycles. The first-order valence-electron chi connectivity index (χ1n) is 9.78. The molecule has 0 aliphatic carbocycles. The lowest BCUT2D eigenvalue weighted by Gasteiger charge is -2.15. The molecular formula is C24H22F3NO4. The maximum atomic E-state index is 13.1. The third-order valence-electron chi connectivity index (χ3n) is 4.46. The van der Waals surface area contributed by atoms with Gasteiger partial charge in [0.15, 0.2) is 0 Å². The molecule has 8 heteroatoms. The van der Waals surface area contributed by atoms with Gasteiger partial charge in [-0.15, -0.1) is 0 Å². The third-order valence-corrected chi connectivity index (χ3v) is 4.46. The van der Waals surface area contributed by atoms with Crippen molar-refractivity contribution in [2.75, 3.05) is 25.6 Å². The zero-order valence-corrected chi connectivity index (χ0v) is 17.3.